The van der Waals surface area contributed by atoms with E-state index >= 15 is 0 Å². The van der Waals surface area contributed by atoms with Crippen molar-refractivity contribution in [3.05, 3.63) is 82.4 Å². The van der Waals surface area contributed by atoms with Crippen LogP contribution >= 0.6 is 0 Å². The summed E-state index contributed by atoms with van der Waals surface area (Å²) in [6, 6.07) is 19.1. The van der Waals surface area contributed by atoms with Gasteiger partial charge in [-0.3, -0.25) is 4.79 Å². The van der Waals surface area contributed by atoms with Crippen LogP contribution in [0.5, 0.6) is 5.75 Å². The van der Waals surface area contributed by atoms with Gasteiger partial charge in [0.1, 0.15) is 5.75 Å². The van der Waals surface area contributed by atoms with Crippen molar-refractivity contribution in [3.63, 3.8) is 0 Å². The third-order valence-electron chi connectivity index (χ3n) is 8.83. The lowest BCUT2D eigenvalue weighted by atomic mass is 9.74. The van der Waals surface area contributed by atoms with E-state index in [0.29, 0.717) is 6.54 Å². The summed E-state index contributed by atoms with van der Waals surface area (Å²) in [4.78, 5) is 23.1. The molecule has 6 rings (SSSR count). The maximum Gasteiger partial charge on any atom is 0.258 e. The Morgan fingerprint density at radius 1 is 1.05 bits per heavy atom. The van der Waals surface area contributed by atoms with Crippen molar-refractivity contribution >= 4 is 11.6 Å². The van der Waals surface area contributed by atoms with Gasteiger partial charge in [-0.15, -0.1) is 0 Å². The summed E-state index contributed by atoms with van der Waals surface area (Å²) in [5.41, 5.74) is 12.0. The second-order valence-electron chi connectivity index (χ2n) is 11.3. The average Bonchev–Trinajstić information content (AvgIpc) is 3.50. The number of benzene rings is 3. The predicted octanol–water partition coefficient (Wildman–Crippen LogP) is 5.43. The van der Waals surface area contributed by atoms with Crippen LogP contribution in [0.4, 0.5) is 5.69 Å². The molecule has 3 aromatic rings. The number of rotatable bonds is 5. The number of nitrogens with zero attached hydrogens (tertiary/aromatic N) is 2. The smallest absolute Gasteiger partial charge is 0.258 e. The maximum atomic E-state index is 13.7. The summed E-state index contributed by atoms with van der Waals surface area (Å²) < 4.78 is 6.20. The third kappa shape index (κ3) is 4.31. The van der Waals surface area contributed by atoms with Crippen LogP contribution in [0.25, 0.3) is 11.1 Å². The number of fused-ring (bicyclic) bond motifs is 3. The minimum atomic E-state index is 0.0677. The average molecular weight is 512 g/mol. The van der Waals surface area contributed by atoms with Crippen molar-refractivity contribution in [1.29, 1.82) is 0 Å². The summed E-state index contributed by atoms with van der Waals surface area (Å²) >= 11 is 0. The van der Waals surface area contributed by atoms with Gasteiger partial charge in [0.25, 0.3) is 5.91 Å². The zero-order valence-electron chi connectivity index (χ0n) is 22.8. The van der Waals surface area contributed by atoms with E-state index in [2.05, 4.69) is 73.7 Å². The van der Waals surface area contributed by atoms with Crippen LogP contribution in [-0.2, 0) is 16.7 Å². The van der Waals surface area contributed by atoms with Gasteiger partial charge in [0.15, 0.2) is 0 Å². The minimum absolute atomic E-state index is 0.0677. The Hall–Kier alpha value is -3.19. The van der Waals surface area contributed by atoms with E-state index in [9.17, 15) is 4.79 Å². The van der Waals surface area contributed by atoms with Gasteiger partial charge in [-0.25, -0.2) is 0 Å². The lowest BCUT2D eigenvalue weighted by Gasteiger charge is -2.37. The first-order valence-electron chi connectivity index (χ1n) is 13.7. The third-order valence-corrected chi connectivity index (χ3v) is 8.83. The molecule has 1 spiro atoms. The van der Waals surface area contributed by atoms with Crippen molar-refractivity contribution in [2.75, 3.05) is 45.3 Å². The molecule has 0 saturated carbocycles. The van der Waals surface area contributed by atoms with Crippen LogP contribution in [0.15, 0.2) is 54.6 Å². The van der Waals surface area contributed by atoms with Crippen LogP contribution in [0.1, 0.15) is 58.4 Å². The molecule has 6 heteroatoms. The summed E-state index contributed by atoms with van der Waals surface area (Å²) in [6.07, 6.45) is 3.08. The Balaban J connectivity index is 1.23. The molecule has 0 aliphatic carbocycles. The van der Waals surface area contributed by atoms with Gasteiger partial charge in [0.05, 0.1) is 19.8 Å². The van der Waals surface area contributed by atoms with E-state index in [4.69, 9.17) is 9.57 Å². The number of hydrogen-bond acceptors (Lipinski definition) is 5. The van der Waals surface area contributed by atoms with Gasteiger partial charge >= 0.3 is 0 Å². The van der Waals surface area contributed by atoms with Crippen LogP contribution < -0.4 is 15.1 Å². The normalized spacial score (nSPS) is 18.8. The van der Waals surface area contributed by atoms with Crippen LogP contribution in [0.2, 0.25) is 0 Å². The molecule has 6 nitrogen and oxygen atoms in total. The van der Waals surface area contributed by atoms with Crippen molar-refractivity contribution < 1.29 is 14.4 Å². The summed E-state index contributed by atoms with van der Waals surface area (Å²) in [6.45, 7) is 7.83. The van der Waals surface area contributed by atoms with Crippen LogP contribution in [0, 0.1) is 6.92 Å². The molecule has 1 amide bonds. The van der Waals surface area contributed by atoms with Gasteiger partial charge in [-0.1, -0.05) is 30.3 Å². The van der Waals surface area contributed by atoms with Gasteiger partial charge in [-0.05, 0) is 105 Å². The molecule has 1 N–H and O–H groups in total. The number of likely N-dealkylation sites (tertiary alicyclic amines) is 1. The molecule has 3 aromatic carbocycles. The number of ether oxygens (including phenoxy) is 1. The van der Waals surface area contributed by atoms with Crippen molar-refractivity contribution in [1.82, 2.24) is 10.4 Å². The topological polar surface area (TPSA) is 54.0 Å². The number of carbonyl (C=O) groups excluding carboxylic acids is 1. The van der Waals surface area contributed by atoms with E-state index in [1.165, 1.54) is 27.8 Å². The Bertz CT molecular complexity index is 1360. The SMILES string of the molecule is CONC(C)c1ccc(-c2ccc(C(=O)N3CCc4cc5c(cc43)C3(CCN(C)CC3)CO5)cc2)c(C)c1. The fourth-order valence-corrected chi connectivity index (χ4v) is 6.39. The first-order chi connectivity index (χ1) is 18.4. The monoisotopic (exact) mass is 511 g/mol. The van der Waals surface area contributed by atoms with E-state index in [-0.39, 0.29) is 17.4 Å². The predicted molar refractivity (Wildman–Crippen MR) is 151 cm³/mol. The van der Waals surface area contributed by atoms with E-state index < -0.39 is 0 Å². The van der Waals surface area contributed by atoms with E-state index in [1.807, 2.05) is 17.0 Å². The molecular formula is C32H37N3O3. The number of hydrogen-bond donors (Lipinski definition) is 1. The fourth-order valence-electron chi connectivity index (χ4n) is 6.39. The highest BCUT2D eigenvalue weighted by molar-refractivity contribution is 6.07. The summed E-state index contributed by atoms with van der Waals surface area (Å²) in [5, 5.41) is 0. The highest BCUT2D eigenvalue weighted by atomic mass is 16.6. The molecule has 0 bridgehead atoms. The largest absolute Gasteiger partial charge is 0.492 e. The second kappa shape index (κ2) is 9.84. The van der Waals surface area contributed by atoms with Crippen molar-refractivity contribution in [3.8, 4) is 16.9 Å². The zero-order valence-corrected chi connectivity index (χ0v) is 22.8. The number of aryl methyl sites for hydroxylation is 1. The van der Waals surface area contributed by atoms with E-state index in [0.717, 1.165) is 61.5 Å². The lowest BCUT2D eigenvalue weighted by Crippen LogP contribution is -2.42. The maximum absolute atomic E-state index is 13.7. The second-order valence-corrected chi connectivity index (χ2v) is 11.3. The van der Waals surface area contributed by atoms with Gasteiger partial charge in [-0.2, -0.15) is 5.48 Å². The molecule has 1 saturated heterocycles. The first kappa shape index (κ1) is 25.1. The van der Waals surface area contributed by atoms with Crippen LogP contribution in [0.3, 0.4) is 0 Å². The number of amides is 1. The molecule has 0 radical (unpaired) electrons. The summed E-state index contributed by atoms with van der Waals surface area (Å²) in [5.74, 6) is 1.10. The van der Waals surface area contributed by atoms with Gasteiger partial charge < -0.3 is 19.4 Å². The molecule has 3 heterocycles. The number of carbonyl (C=O) groups is 1. The Morgan fingerprint density at radius 3 is 2.53 bits per heavy atom. The number of anilines is 1. The molecule has 198 valence electrons. The molecule has 3 aliphatic rings. The molecule has 1 fully saturated rings. The lowest BCUT2D eigenvalue weighted by molar-refractivity contribution is 0.0658. The molecular weight excluding hydrogens is 474 g/mol. The van der Waals surface area contributed by atoms with Crippen molar-refractivity contribution in [2.45, 2.75) is 44.6 Å². The fraction of sp³-hybridized carbons (Fsp3) is 0.406. The Labute approximate surface area is 225 Å². The Kier molecular flexibility index (Phi) is 6.50. The summed E-state index contributed by atoms with van der Waals surface area (Å²) in [7, 11) is 3.82. The minimum Gasteiger partial charge on any atom is -0.492 e. The zero-order chi connectivity index (χ0) is 26.4. The highest BCUT2D eigenvalue weighted by Crippen LogP contribution is 2.49. The quantitative estimate of drug-likeness (QED) is 0.463. The number of hydroxylamine groups is 1. The number of piperidine rings is 1. The molecule has 38 heavy (non-hydrogen) atoms. The van der Waals surface area contributed by atoms with Crippen LogP contribution in [-0.4, -0.2) is 51.2 Å². The molecule has 1 unspecified atom stereocenters. The highest BCUT2D eigenvalue weighted by Gasteiger charge is 2.44. The van der Waals surface area contributed by atoms with Crippen molar-refractivity contribution in [2.24, 2.45) is 0 Å². The standard InChI is InChI=1S/C32H37N3O3/c1-21-17-25(22(2)33-37-4)9-10-27(21)23-5-7-24(8-6-23)31(36)35-14-11-26-18-30-28(19-29(26)35)32(20-38-30)12-15-34(3)16-13-32/h5-10,17-19,22,33H,11-16,20H2,1-4H3. The molecule has 3 aliphatic heterocycles. The number of nitrogens with one attached hydrogen (secondary N) is 1. The Morgan fingerprint density at radius 2 is 1.82 bits per heavy atom. The van der Waals surface area contributed by atoms with Gasteiger partial charge in [0.2, 0.25) is 0 Å². The van der Waals surface area contributed by atoms with E-state index in [1.54, 1.807) is 7.11 Å². The van der Waals surface area contributed by atoms with Gasteiger partial charge in [0, 0.05) is 28.8 Å². The molecule has 0 aromatic heterocycles. The first-order valence-corrected chi connectivity index (χ1v) is 13.7. The molecule has 1 atom stereocenters.